The van der Waals surface area contributed by atoms with Crippen molar-refractivity contribution in [3.05, 3.63) is 45.3 Å². The van der Waals surface area contributed by atoms with Crippen LogP contribution in [0.4, 0.5) is 0 Å². The fourth-order valence-electron chi connectivity index (χ4n) is 2.29. The maximum absolute atomic E-state index is 11.4. The summed E-state index contributed by atoms with van der Waals surface area (Å²) >= 11 is 3.55. The first kappa shape index (κ1) is 14.8. The Morgan fingerprint density at radius 3 is 2.84 bits per heavy atom. The first-order valence-corrected chi connectivity index (χ1v) is 8.77. The Balaban J connectivity index is 2.06. The summed E-state index contributed by atoms with van der Waals surface area (Å²) < 4.78 is 24.0. The SMILES string of the molecule is C=CS(=O)(=O)CCN1CCc2cc(C)c(Br)cc2C1. The zero-order valence-electron chi connectivity index (χ0n) is 11.0. The number of sulfone groups is 1. The molecular formula is C14H18BrNO2S. The Labute approximate surface area is 123 Å². The molecule has 0 spiro atoms. The topological polar surface area (TPSA) is 37.4 Å². The summed E-state index contributed by atoms with van der Waals surface area (Å²) in [6.45, 7) is 7.74. The smallest absolute Gasteiger partial charge is 0.172 e. The highest BCUT2D eigenvalue weighted by Gasteiger charge is 2.18. The second-order valence-electron chi connectivity index (χ2n) is 4.93. The molecule has 1 aliphatic rings. The average molecular weight is 344 g/mol. The van der Waals surface area contributed by atoms with Crippen molar-refractivity contribution >= 4 is 25.8 Å². The predicted octanol–water partition coefficient (Wildman–Crippen LogP) is 2.67. The van der Waals surface area contributed by atoms with Gasteiger partial charge in [0.2, 0.25) is 0 Å². The molecule has 19 heavy (non-hydrogen) atoms. The number of fused-ring (bicyclic) bond motifs is 1. The Kier molecular flexibility index (Phi) is 4.48. The molecule has 104 valence electrons. The largest absolute Gasteiger partial charge is 0.298 e. The van der Waals surface area contributed by atoms with E-state index in [1.807, 2.05) is 0 Å². The van der Waals surface area contributed by atoms with Gasteiger partial charge in [0.15, 0.2) is 9.84 Å². The summed E-state index contributed by atoms with van der Waals surface area (Å²) in [4.78, 5) is 2.19. The van der Waals surface area contributed by atoms with Gasteiger partial charge in [-0.15, -0.1) is 0 Å². The average Bonchev–Trinajstić information content (AvgIpc) is 2.38. The Morgan fingerprint density at radius 1 is 1.42 bits per heavy atom. The first-order chi connectivity index (χ1) is 8.91. The highest BCUT2D eigenvalue weighted by Crippen LogP contribution is 2.26. The van der Waals surface area contributed by atoms with Crippen LogP contribution in [0.2, 0.25) is 0 Å². The second kappa shape index (κ2) is 5.77. The van der Waals surface area contributed by atoms with Crippen molar-refractivity contribution in [2.24, 2.45) is 0 Å². The van der Waals surface area contributed by atoms with Gasteiger partial charge in [0.05, 0.1) is 5.75 Å². The molecule has 1 heterocycles. The normalized spacial score (nSPS) is 16.1. The van der Waals surface area contributed by atoms with Gasteiger partial charge >= 0.3 is 0 Å². The van der Waals surface area contributed by atoms with Gasteiger partial charge < -0.3 is 0 Å². The molecule has 5 heteroatoms. The van der Waals surface area contributed by atoms with Gasteiger partial charge in [0.25, 0.3) is 0 Å². The molecule has 0 saturated carbocycles. The maximum Gasteiger partial charge on any atom is 0.172 e. The van der Waals surface area contributed by atoms with Gasteiger partial charge in [-0.3, -0.25) is 4.90 Å². The van der Waals surface area contributed by atoms with Crippen LogP contribution in [0.15, 0.2) is 28.6 Å². The predicted molar refractivity (Wildman–Crippen MR) is 81.8 cm³/mol. The summed E-state index contributed by atoms with van der Waals surface area (Å²) in [6.07, 6.45) is 0.984. The summed E-state index contributed by atoms with van der Waals surface area (Å²) in [5.41, 5.74) is 3.92. The summed E-state index contributed by atoms with van der Waals surface area (Å²) in [5.74, 6) is 0.152. The molecule has 0 aromatic heterocycles. The third kappa shape index (κ3) is 3.68. The fourth-order valence-corrected chi connectivity index (χ4v) is 3.36. The van der Waals surface area contributed by atoms with E-state index >= 15 is 0 Å². The van der Waals surface area contributed by atoms with Crippen LogP contribution in [-0.2, 0) is 22.8 Å². The lowest BCUT2D eigenvalue weighted by molar-refractivity contribution is 0.269. The quantitative estimate of drug-likeness (QED) is 0.843. The lowest BCUT2D eigenvalue weighted by Gasteiger charge is -2.29. The lowest BCUT2D eigenvalue weighted by atomic mass is 9.98. The van der Waals surface area contributed by atoms with Crippen LogP contribution in [0.25, 0.3) is 0 Å². The van der Waals surface area contributed by atoms with Gasteiger partial charge in [0, 0.05) is 29.5 Å². The van der Waals surface area contributed by atoms with Gasteiger partial charge in [0.1, 0.15) is 0 Å². The lowest BCUT2D eigenvalue weighted by Crippen LogP contribution is -2.34. The van der Waals surface area contributed by atoms with Crippen LogP contribution in [0.1, 0.15) is 16.7 Å². The second-order valence-corrected chi connectivity index (χ2v) is 7.85. The monoisotopic (exact) mass is 343 g/mol. The summed E-state index contributed by atoms with van der Waals surface area (Å²) in [6, 6.07) is 4.37. The number of rotatable bonds is 4. The van der Waals surface area contributed by atoms with Crippen molar-refractivity contribution in [2.75, 3.05) is 18.8 Å². The van der Waals surface area contributed by atoms with Gasteiger partial charge in [-0.05, 0) is 36.1 Å². The Morgan fingerprint density at radius 2 is 2.16 bits per heavy atom. The first-order valence-electron chi connectivity index (χ1n) is 6.27. The van der Waals surface area contributed by atoms with Crippen LogP contribution >= 0.6 is 15.9 Å². The van der Waals surface area contributed by atoms with Gasteiger partial charge in [-0.25, -0.2) is 8.42 Å². The van der Waals surface area contributed by atoms with Crippen molar-refractivity contribution in [2.45, 2.75) is 19.9 Å². The van der Waals surface area contributed by atoms with E-state index in [0.29, 0.717) is 6.54 Å². The molecule has 0 fully saturated rings. The molecule has 0 unspecified atom stereocenters. The number of nitrogens with zero attached hydrogens (tertiary/aromatic N) is 1. The van der Waals surface area contributed by atoms with E-state index in [1.165, 1.54) is 16.7 Å². The van der Waals surface area contributed by atoms with Crippen molar-refractivity contribution in [3.63, 3.8) is 0 Å². The molecule has 3 nitrogen and oxygen atoms in total. The summed E-state index contributed by atoms with van der Waals surface area (Å²) in [7, 11) is -3.10. The van der Waals surface area contributed by atoms with Crippen molar-refractivity contribution in [3.8, 4) is 0 Å². The molecule has 0 bridgehead atoms. The molecule has 0 N–H and O–H groups in total. The number of hydrogen-bond acceptors (Lipinski definition) is 3. The molecule has 1 aromatic rings. The van der Waals surface area contributed by atoms with Crippen LogP contribution in [0.5, 0.6) is 0 Å². The van der Waals surface area contributed by atoms with Crippen LogP contribution in [0, 0.1) is 6.92 Å². The standard InChI is InChI=1S/C14H18BrNO2S/c1-3-19(17,18)7-6-16-5-4-12-8-11(2)14(15)9-13(12)10-16/h3,8-9H,1,4-7,10H2,2H3. The molecule has 1 aromatic carbocycles. The number of benzene rings is 1. The van der Waals surface area contributed by atoms with E-state index in [2.05, 4.69) is 46.5 Å². The number of aryl methyl sites for hydroxylation is 1. The molecule has 0 radical (unpaired) electrons. The van der Waals surface area contributed by atoms with Crippen LogP contribution in [-0.4, -0.2) is 32.2 Å². The van der Waals surface area contributed by atoms with Crippen LogP contribution < -0.4 is 0 Å². The minimum Gasteiger partial charge on any atom is -0.298 e. The molecule has 0 amide bonds. The van der Waals surface area contributed by atoms with E-state index in [-0.39, 0.29) is 5.75 Å². The highest BCUT2D eigenvalue weighted by atomic mass is 79.9. The van der Waals surface area contributed by atoms with E-state index in [4.69, 9.17) is 0 Å². The van der Waals surface area contributed by atoms with Crippen molar-refractivity contribution in [1.82, 2.24) is 4.90 Å². The molecule has 0 atom stereocenters. The van der Waals surface area contributed by atoms with E-state index < -0.39 is 9.84 Å². The van der Waals surface area contributed by atoms with Crippen molar-refractivity contribution < 1.29 is 8.42 Å². The van der Waals surface area contributed by atoms with Gasteiger partial charge in [-0.1, -0.05) is 28.6 Å². The molecule has 1 aliphatic heterocycles. The van der Waals surface area contributed by atoms with Crippen molar-refractivity contribution in [1.29, 1.82) is 0 Å². The minimum absolute atomic E-state index is 0.152. The third-order valence-corrected chi connectivity index (χ3v) is 5.63. The molecular weight excluding hydrogens is 326 g/mol. The number of halogens is 1. The zero-order valence-corrected chi connectivity index (χ0v) is 13.4. The Bertz CT molecular complexity index is 596. The third-order valence-electron chi connectivity index (χ3n) is 3.52. The molecule has 0 saturated heterocycles. The minimum atomic E-state index is -3.10. The van der Waals surface area contributed by atoms with Crippen LogP contribution in [0.3, 0.4) is 0 Å². The molecule has 0 aliphatic carbocycles. The number of hydrogen-bond donors (Lipinski definition) is 0. The van der Waals surface area contributed by atoms with E-state index in [0.717, 1.165) is 29.4 Å². The Hall–Kier alpha value is -0.650. The maximum atomic E-state index is 11.4. The van der Waals surface area contributed by atoms with E-state index in [9.17, 15) is 8.42 Å². The molecule has 2 rings (SSSR count). The highest BCUT2D eigenvalue weighted by molar-refractivity contribution is 9.10. The zero-order chi connectivity index (χ0) is 14.0. The fraction of sp³-hybridized carbons (Fsp3) is 0.429. The summed E-state index contributed by atoms with van der Waals surface area (Å²) in [5, 5.41) is 1.05. The van der Waals surface area contributed by atoms with Gasteiger partial charge in [-0.2, -0.15) is 0 Å². The van der Waals surface area contributed by atoms with E-state index in [1.54, 1.807) is 0 Å².